The van der Waals surface area contributed by atoms with E-state index in [9.17, 15) is 13.2 Å². The summed E-state index contributed by atoms with van der Waals surface area (Å²) in [4.78, 5) is 7.44. The van der Waals surface area contributed by atoms with E-state index in [0.717, 1.165) is 17.8 Å². The van der Waals surface area contributed by atoms with Crippen LogP contribution in [0.3, 0.4) is 0 Å². The number of hydrogen-bond donors (Lipinski definition) is 2. The van der Waals surface area contributed by atoms with Crippen LogP contribution < -0.4 is 0 Å². The standard InChI is InChI=1S/C14H7F3N6S3/c1-24-12(20)26-13(21)25-11-10(14(15,16)17)22-8-2-6(4-18)7(5-19)3-9(8)23-11/h2-3,20-21H,1H3. The molecule has 0 spiro atoms. The van der Waals surface area contributed by atoms with Gasteiger partial charge in [0.25, 0.3) is 0 Å². The molecule has 6 nitrogen and oxygen atoms in total. The average molecular weight is 412 g/mol. The van der Waals surface area contributed by atoms with Gasteiger partial charge in [0.15, 0.2) is 5.69 Å². The molecular weight excluding hydrogens is 405 g/mol. The summed E-state index contributed by atoms with van der Waals surface area (Å²) in [7, 11) is 0. The van der Waals surface area contributed by atoms with Gasteiger partial charge in [0.1, 0.15) is 25.9 Å². The van der Waals surface area contributed by atoms with E-state index in [0.29, 0.717) is 23.5 Å². The zero-order valence-electron chi connectivity index (χ0n) is 12.8. The normalized spacial score (nSPS) is 11.0. The van der Waals surface area contributed by atoms with Crippen LogP contribution in [0.5, 0.6) is 0 Å². The van der Waals surface area contributed by atoms with Gasteiger partial charge >= 0.3 is 6.18 Å². The first-order valence-electron chi connectivity index (χ1n) is 6.49. The van der Waals surface area contributed by atoms with Gasteiger partial charge in [-0.2, -0.15) is 23.7 Å². The predicted octanol–water partition coefficient (Wildman–Crippen LogP) is 4.45. The minimum absolute atomic E-state index is 0.00814. The highest BCUT2D eigenvalue weighted by atomic mass is 32.2. The van der Waals surface area contributed by atoms with Gasteiger partial charge in [-0.15, -0.1) is 11.8 Å². The van der Waals surface area contributed by atoms with Crippen molar-refractivity contribution in [1.29, 1.82) is 21.3 Å². The summed E-state index contributed by atoms with van der Waals surface area (Å²) in [6.07, 6.45) is -3.21. The summed E-state index contributed by atoms with van der Waals surface area (Å²) >= 11 is 2.18. The smallest absolute Gasteiger partial charge is 0.288 e. The number of benzene rings is 1. The Kier molecular flexibility index (Phi) is 6.13. The van der Waals surface area contributed by atoms with Crippen molar-refractivity contribution in [3.05, 3.63) is 29.0 Å². The van der Waals surface area contributed by atoms with E-state index in [1.807, 2.05) is 0 Å². The van der Waals surface area contributed by atoms with Crippen molar-refractivity contribution in [2.45, 2.75) is 11.2 Å². The number of alkyl halides is 3. The summed E-state index contributed by atoms with van der Waals surface area (Å²) in [5.41, 5.74) is -1.58. The van der Waals surface area contributed by atoms with Crippen molar-refractivity contribution < 1.29 is 13.2 Å². The highest BCUT2D eigenvalue weighted by Gasteiger charge is 2.37. The summed E-state index contributed by atoms with van der Waals surface area (Å²) < 4.78 is 39.8. The van der Waals surface area contributed by atoms with Crippen LogP contribution in [0.1, 0.15) is 16.8 Å². The first-order chi connectivity index (χ1) is 12.2. The maximum absolute atomic E-state index is 13.3. The number of aromatic nitrogens is 2. The Morgan fingerprint density at radius 2 is 1.58 bits per heavy atom. The van der Waals surface area contributed by atoms with E-state index in [1.165, 1.54) is 6.07 Å². The third kappa shape index (κ3) is 4.46. The fourth-order valence-corrected chi connectivity index (χ4v) is 3.90. The number of hydrogen-bond acceptors (Lipinski definition) is 9. The SMILES string of the molecule is CSC(=N)SC(=N)Sc1nc2cc(C#N)c(C#N)cc2nc1C(F)(F)F. The highest BCUT2D eigenvalue weighted by molar-refractivity contribution is 8.53. The van der Waals surface area contributed by atoms with Crippen LogP contribution >= 0.6 is 35.3 Å². The molecule has 0 aliphatic rings. The Morgan fingerprint density at radius 1 is 1.04 bits per heavy atom. The van der Waals surface area contributed by atoms with Crippen LogP contribution in [-0.2, 0) is 6.18 Å². The topological polar surface area (TPSA) is 121 Å². The minimum Gasteiger partial charge on any atom is -0.288 e. The molecule has 1 aromatic carbocycles. The quantitative estimate of drug-likeness (QED) is 0.403. The Hall–Kier alpha value is -2.28. The largest absolute Gasteiger partial charge is 0.436 e. The number of nitriles is 2. The van der Waals surface area contributed by atoms with Crippen LogP contribution in [0.25, 0.3) is 11.0 Å². The molecule has 0 aliphatic carbocycles. The molecule has 0 atom stereocenters. The minimum atomic E-state index is -4.82. The van der Waals surface area contributed by atoms with Crippen LogP contribution in [-0.4, -0.2) is 25.0 Å². The highest BCUT2D eigenvalue weighted by Crippen LogP contribution is 2.37. The molecular formula is C14H7F3N6S3. The number of nitrogens with one attached hydrogen (secondary N) is 2. The zero-order chi connectivity index (χ0) is 19.5. The Labute approximate surface area is 158 Å². The van der Waals surface area contributed by atoms with E-state index in [4.69, 9.17) is 21.3 Å². The molecule has 0 bridgehead atoms. The second-order valence-corrected chi connectivity index (χ2v) is 7.82. The van der Waals surface area contributed by atoms with Crippen molar-refractivity contribution in [2.24, 2.45) is 0 Å². The molecule has 0 saturated heterocycles. The van der Waals surface area contributed by atoms with Gasteiger partial charge in [-0.05, 0) is 41.9 Å². The molecule has 1 heterocycles. The predicted molar refractivity (Wildman–Crippen MR) is 96.4 cm³/mol. The van der Waals surface area contributed by atoms with Crippen LogP contribution in [0.4, 0.5) is 13.2 Å². The lowest BCUT2D eigenvalue weighted by Gasteiger charge is -2.12. The van der Waals surface area contributed by atoms with Crippen molar-refractivity contribution in [3.63, 3.8) is 0 Å². The molecule has 2 N–H and O–H groups in total. The summed E-state index contributed by atoms with van der Waals surface area (Å²) in [6.45, 7) is 0. The summed E-state index contributed by atoms with van der Waals surface area (Å²) in [5.74, 6) is 0. The molecule has 0 aliphatic heterocycles. The molecule has 0 saturated carbocycles. The van der Waals surface area contributed by atoms with E-state index < -0.39 is 16.9 Å². The van der Waals surface area contributed by atoms with Gasteiger partial charge in [0.2, 0.25) is 0 Å². The van der Waals surface area contributed by atoms with Crippen molar-refractivity contribution in [3.8, 4) is 12.1 Å². The number of rotatable bonds is 1. The monoisotopic (exact) mass is 412 g/mol. The Morgan fingerprint density at radius 3 is 2.04 bits per heavy atom. The van der Waals surface area contributed by atoms with E-state index >= 15 is 0 Å². The maximum Gasteiger partial charge on any atom is 0.436 e. The Balaban J connectivity index is 2.60. The molecule has 132 valence electrons. The van der Waals surface area contributed by atoms with Gasteiger partial charge in [0.05, 0.1) is 22.2 Å². The van der Waals surface area contributed by atoms with Gasteiger partial charge in [-0.25, -0.2) is 9.97 Å². The molecule has 1 aromatic heterocycles. The summed E-state index contributed by atoms with van der Waals surface area (Å²) in [5, 5.41) is 32.7. The van der Waals surface area contributed by atoms with E-state index in [-0.39, 0.29) is 30.9 Å². The van der Waals surface area contributed by atoms with Gasteiger partial charge in [0, 0.05) is 0 Å². The number of thioether (sulfide) groups is 3. The first-order valence-corrected chi connectivity index (χ1v) is 9.35. The second-order valence-electron chi connectivity index (χ2n) is 4.47. The van der Waals surface area contributed by atoms with Gasteiger partial charge in [-0.3, -0.25) is 10.8 Å². The maximum atomic E-state index is 13.3. The van der Waals surface area contributed by atoms with Gasteiger partial charge in [-0.1, -0.05) is 0 Å². The third-order valence-corrected chi connectivity index (χ3v) is 5.50. The fraction of sp³-hybridized carbons (Fsp3) is 0.143. The van der Waals surface area contributed by atoms with Crippen LogP contribution in [0, 0.1) is 33.5 Å². The summed E-state index contributed by atoms with van der Waals surface area (Å²) in [6, 6.07) is 5.78. The molecule has 0 unspecified atom stereocenters. The third-order valence-electron chi connectivity index (χ3n) is 2.84. The molecule has 12 heteroatoms. The molecule has 2 rings (SSSR count). The molecule has 26 heavy (non-hydrogen) atoms. The van der Waals surface area contributed by atoms with Gasteiger partial charge < -0.3 is 0 Å². The van der Waals surface area contributed by atoms with Crippen molar-refractivity contribution in [2.75, 3.05) is 6.26 Å². The molecule has 0 radical (unpaired) electrons. The lowest BCUT2D eigenvalue weighted by molar-refractivity contribution is -0.143. The lowest BCUT2D eigenvalue weighted by atomic mass is 10.1. The lowest BCUT2D eigenvalue weighted by Crippen LogP contribution is -2.12. The molecule has 0 amide bonds. The van der Waals surface area contributed by atoms with E-state index in [2.05, 4.69) is 9.97 Å². The second kappa shape index (κ2) is 7.95. The Bertz CT molecular complexity index is 991. The van der Waals surface area contributed by atoms with Crippen molar-refractivity contribution >= 4 is 55.1 Å². The number of halogens is 3. The van der Waals surface area contributed by atoms with E-state index in [1.54, 1.807) is 18.4 Å². The average Bonchev–Trinajstić information content (AvgIpc) is 2.58. The number of nitrogens with zero attached hydrogens (tertiary/aromatic N) is 4. The molecule has 2 aromatic rings. The number of fused-ring (bicyclic) bond motifs is 1. The van der Waals surface area contributed by atoms with Crippen molar-refractivity contribution in [1.82, 2.24) is 9.97 Å². The van der Waals surface area contributed by atoms with Crippen LogP contribution in [0.2, 0.25) is 0 Å². The van der Waals surface area contributed by atoms with Crippen LogP contribution in [0.15, 0.2) is 17.2 Å². The first kappa shape index (κ1) is 20.0. The zero-order valence-corrected chi connectivity index (χ0v) is 15.3. The molecule has 0 fully saturated rings. The fourth-order valence-electron chi connectivity index (χ4n) is 1.76.